The number of rotatable bonds is 0. The molecule has 0 aromatic rings. The van der Waals surface area contributed by atoms with Crippen LogP contribution in [0, 0.1) is 28.6 Å². The third-order valence-corrected chi connectivity index (χ3v) is 3.09. The van der Waals surface area contributed by atoms with Crippen LogP contribution in [-0.2, 0) is 0 Å². The van der Waals surface area contributed by atoms with E-state index >= 15 is 0 Å². The molecule has 1 rings (SSSR count). The fourth-order valence-electron chi connectivity index (χ4n) is 2.10. The van der Waals surface area contributed by atoms with E-state index in [0.717, 1.165) is 12.8 Å². The molecule has 0 bridgehead atoms. The summed E-state index contributed by atoms with van der Waals surface area (Å²) in [6, 6.07) is 2.28. The number of nitriles is 1. The van der Waals surface area contributed by atoms with Gasteiger partial charge in [-0.1, -0.05) is 20.8 Å². The first-order valence-corrected chi connectivity index (χ1v) is 5.01. The second-order valence-corrected chi connectivity index (χ2v) is 5.25. The summed E-state index contributed by atoms with van der Waals surface area (Å²) >= 11 is 0. The van der Waals surface area contributed by atoms with E-state index in [2.05, 4.69) is 26.8 Å². The number of hydrogen-bond acceptors (Lipinski definition) is 2. The van der Waals surface area contributed by atoms with E-state index in [0.29, 0.717) is 12.3 Å². The normalized spacial score (nSPS) is 35.5. The molecule has 0 aromatic heterocycles. The van der Waals surface area contributed by atoms with Crippen LogP contribution in [0.1, 0.15) is 40.0 Å². The van der Waals surface area contributed by atoms with E-state index in [1.807, 2.05) is 0 Å². The Hall–Kier alpha value is -0.550. The lowest BCUT2D eigenvalue weighted by atomic mass is 9.68. The lowest BCUT2D eigenvalue weighted by molar-refractivity contribution is 0.0425. The average Bonchev–Trinajstić information content (AvgIpc) is 2.01. The maximum Gasteiger partial charge on any atom is 0.0656 e. The monoisotopic (exact) mass is 181 g/mol. The molecule has 0 aromatic carbocycles. The molecule has 0 aliphatic heterocycles. The SMILES string of the molecule is CC(C)(C)C1CC(O)CC(C#N)C1. The highest BCUT2D eigenvalue weighted by molar-refractivity contribution is 4.93. The molecule has 0 radical (unpaired) electrons. The van der Waals surface area contributed by atoms with Gasteiger partial charge in [-0.2, -0.15) is 5.26 Å². The molecular weight excluding hydrogens is 162 g/mol. The van der Waals surface area contributed by atoms with Crippen LogP contribution >= 0.6 is 0 Å². The van der Waals surface area contributed by atoms with Crippen LogP contribution < -0.4 is 0 Å². The quantitative estimate of drug-likeness (QED) is 0.623. The van der Waals surface area contributed by atoms with Crippen molar-refractivity contribution >= 4 is 0 Å². The first-order chi connectivity index (χ1) is 5.93. The van der Waals surface area contributed by atoms with E-state index in [1.165, 1.54) is 0 Å². The Balaban J connectivity index is 2.64. The molecule has 1 aliphatic carbocycles. The number of nitrogens with zero attached hydrogens (tertiary/aromatic N) is 1. The molecule has 1 aliphatic rings. The van der Waals surface area contributed by atoms with Crippen LogP contribution in [0.25, 0.3) is 0 Å². The van der Waals surface area contributed by atoms with Crippen LogP contribution in [0.5, 0.6) is 0 Å². The standard InChI is InChI=1S/C11H19NO/c1-11(2,3)9-4-8(7-12)5-10(13)6-9/h8-10,13H,4-6H2,1-3H3. The van der Waals surface area contributed by atoms with Crippen molar-refractivity contribution in [1.29, 1.82) is 5.26 Å². The molecule has 0 amide bonds. The van der Waals surface area contributed by atoms with Crippen LogP contribution in [0.4, 0.5) is 0 Å². The van der Waals surface area contributed by atoms with Gasteiger partial charge >= 0.3 is 0 Å². The molecule has 0 spiro atoms. The lowest BCUT2D eigenvalue weighted by Gasteiger charge is -2.37. The third kappa shape index (κ3) is 2.70. The maximum atomic E-state index is 9.59. The highest BCUT2D eigenvalue weighted by Gasteiger charge is 2.34. The van der Waals surface area contributed by atoms with Gasteiger partial charge in [-0.3, -0.25) is 0 Å². The second-order valence-electron chi connectivity index (χ2n) is 5.25. The maximum absolute atomic E-state index is 9.59. The summed E-state index contributed by atoms with van der Waals surface area (Å²) in [5.74, 6) is 0.550. The summed E-state index contributed by atoms with van der Waals surface area (Å²) in [5.41, 5.74) is 0.219. The first-order valence-electron chi connectivity index (χ1n) is 5.01. The lowest BCUT2D eigenvalue weighted by Crippen LogP contribution is -2.33. The molecule has 0 saturated heterocycles. The molecular formula is C11H19NO. The fraction of sp³-hybridized carbons (Fsp3) is 0.909. The summed E-state index contributed by atoms with van der Waals surface area (Å²) in [6.07, 6.45) is 2.23. The smallest absolute Gasteiger partial charge is 0.0656 e. The molecule has 74 valence electrons. The van der Waals surface area contributed by atoms with E-state index in [1.54, 1.807) is 0 Å². The molecule has 1 saturated carbocycles. The molecule has 3 atom stereocenters. The highest BCUT2D eigenvalue weighted by Crippen LogP contribution is 2.39. The van der Waals surface area contributed by atoms with Gasteiger partial charge in [0.25, 0.3) is 0 Å². The van der Waals surface area contributed by atoms with Crippen LogP contribution in [0.2, 0.25) is 0 Å². The third-order valence-electron chi connectivity index (χ3n) is 3.09. The van der Waals surface area contributed by atoms with Gasteiger partial charge in [0.15, 0.2) is 0 Å². The highest BCUT2D eigenvalue weighted by atomic mass is 16.3. The minimum Gasteiger partial charge on any atom is -0.393 e. The van der Waals surface area contributed by atoms with Crippen molar-refractivity contribution in [2.24, 2.45) is 17.3 Å². The minimum absolute atomic E-state index is 0.0629. The topological polar surface area (TPSA) is 44.0 Å². The van der Waals surface area contributed by atoms with Gasteiger partial charge in [-0.25, -0.2) is 0 Å². The zero-order valence-corrected chi connectivity index (χ0v) is 8.75. The Morgan fingerprint density at radius 2 is 1.85 bits per heavy atom. The molecule has 2 heteroatoms. The molecule has 1 fully saturated rings. The molecule has 3 unspecified atom stereocenters. The number of hydrogen-bond donors (Lipinski definition) is 1. The Morgan fingerprint density at radius 1 is 1.23 bits per heavy atom. The largest absolute Gasteiger partial charge is 0.393 e. The summed E-state index contributed by atoms with van der Waals surface area (Å²) in [4.78, 5) is 0. The predicted octanol–water partition coefficient (Wildman–Crippen LogP) is 2.33. The van der Waals surface area contributed by atoms with Crippen LogP contribution in [-0.4, -0.2) is 11.2 Å². The number of aliphatic hydroxyl groups is 1. The predicted molar refractivity (Wildman–Crippen MR) is 51.9 cm³/mol. The summed E-state index contributed by atoms with van der Waals surface area (Å²) in [7, 11) is 0. The van der Waals surface area contributed by atoms with Crippen LogP contribution in [0.15, 0.2) is 0 Å². The van der Waals surface area contributed by atoms with Crippen LogP contribution in [0.3, 0.4) is 0 Å². The average molecular weight is 181 g/mol. The summed E-state index contributed by atoms with van der Waals surface area (Å²) in [6.45, 7) is 6.55. The van der Waals surface area contributed by atoms with Gasteiger partial charge in [0.2, 0.25) is 0 Å². The summed E-state index contributed by atoms with van der Waals surface area (Å²) in [5, 5.41) is 18.4. The second kappa shape index (κ2) is 3.67. The van der Waals surface area contributed by atoms with E-state index in [-0.39, 0.29) is 17.4 Å². The molecule has 1 N–H and O–H groups in total. The van der Waals surface area contributed by atoms with Gasteiger partial charge in [-0.15, -0.1) is 0 Å². The van der Waals surface area contributed by atoms with E-state index in [4.69, 9.17) is 5.26 Å². The van der Waals surface area contributed by atoms with Crippen molar-refractivity contribution in [3.05, 3.63) is 0 Å². The van der Waals surface area contributed by atoms with Crippen molar-refractivity contribution in [3.63, 3.8) is 0 Å². The van der Waals surface area contributed by atoms with Crippen molar-refractivity contribution in [1.82, 2.24) is 0 Å². The van der Waals surface area contributed by atoms with Gasteiger partial charge in [0.05, 0.1) is 12.2 Å². The van der Waals surface area contributed by atoms with E-state index < -0.39 is 0 Å². The molecule has 13 heavy (non-hydrogen) atoms. The van der Waals surface area contributed by atoms with Gasteiger partial charge in [0, 0.05) is 5.92 Å². The molecule has 2 nitrogen and oxygen atoms in total. The van der Waals surface area contributed by atoms with E-state index in [9.17, 15) is 5.11 Å². The van der Waals surface area contributed by atoms with Gasteiger partial charge < -0.3 is 5.11 Å². The zero-order chi connectivity index (χ0) is 10.1. The van der Waals surface area contributed by atoms with Crippen molar-refractivity contribution in [2.75, 3.05) is 0 Å². The molecule has 0 heterocycles. The Morgan fingerprint density at radius 3 is 2.31 bits per heavy atom. The fourth-order valence-corrected chi connectivity index (χ4v) is 2.10. The van der Waals surface area contributed by atoms with Crippen molar-refractivity contribution in [2.45, 2.75) is 46.1 Å². The van der Waals surface area contributed by atoms with Crippen molar-refractivity contribution in [3.8, 4) is 6.07 Å². The Bertz CT molecular complexity index is 211. The van der Waals surface area contributed by atoms with Gasteiger partial charge in [0.1, 0.15) is 0 Å². The first kappa shape index (κ1) is 10.5. The Kier molecular flexibility index (Phi) is 2.98. The van der Waals surface area contributed by atoms with Gasteiger partial charge in [-0.05, 0) is 30.6 Å². The zero-order valence-electron chi connectivity index (χ0n) is 8.75. The Labute approximate surface area is 80.6 Å². The number of aliphatic hydroxyl groups excluding tert-OH is 1. The summed E-state index contributed by atoms with van der Waals surface area (Å²) < 4.78 is 0. The minimum atomic E-state index is -0.261. The van der Waals surface area contributed by atoms with Crippen molar-refractivity contribution < 1.29 is 5.11 Å².